The smallest absolute Gasteiger partial charge is 0.408 e. The number of nitrogens with two attached hydrogens (primary N) is 3. The third-order valence-corrected chi connectivity index (χ3v) is 6.24. The molecule has 0 unspecified atom stereocenters. The zero-order valence-electron chi connectivity index (χ0n) is 26.3. The highest BCUT2D eigenvalue weighted by molar-refractivity contribution is 5.76. The number of amides is 4. The zero-order valence-corrected chi connectivity index (χ0v) is 26.3. The van der Waals surface area contributed by atoms with Crippen LogP contribution in [0.25, 0.3) is 0 Å². The predicted molar refractivity (Wildman–Crippen MR) is 169 cm³/mol. The summed E-state index contributed by atoms with van der Waals surface area (Å²) in [5, 5.41) is 11.1. The van der Waals surface area contributed by atoms with Crippen molar-refractivity contribution in [3.8, 4) is 0 Å². The third kappa shape index (κ3) is 21.1. The fourth-order valence-electron chi connectivity index (χ4n) is 3.76. The Morgan fingerprint density at radius 3 is 1.40 bits per heavy atom. The fourth-order valence-corrected chi connectivity index (χ4v) is 3.76. The van der Waals surface area contributed by atoms with Gasteiger partial charge in [0, 0.05) is 38.9 Å². The second kappa shape index (κ2) is 25.9. The van der Waals surface area contributed by atoms with Crippen molar-refractivity contribution >= 4 is 23.8 Å². The molecule has 0 atom stereocenters. The molecule has 0 aliphatic rings. The number of carbonyl (C=O) groups is 4. The van der Waals surface area contributed by atoms with Crippen LogP contribution in [0.2, 0.25) is 0 Å². The van der Waals surface area contributed by atoms with Crippen molar-refractivity contribution in [3.63, 3.8) is 0 Å². The van der Waals surface area contributed by atoms with Gasteiger partial charge in [-0.3, -0.25) is 14.4 Å². The normalized spacial score (nSPS) is 11.1. The van der Waals surface area contributed by atoms with Gasteiger partial charge in [-0.1, -0.05) is 30.3 Å². The van der Waals surface area contributed by atoms with Gasteiger partial charge in [0.05, 0.1) is 39.6 Å². The number of nitrogens with one attached hydrogen (secondary N) is 4. The molecule has 0 saturated heterocycles. The van der Waals surface area contributed by atoms with E-state index < -0.39 is 11.6 Å². The van der Waals surface area contributed by atoms with Crippen LogP contribution in [0.5, 0.6) is 0 Å². The first-order valence-electron chi connectivity index (χ1n) is 15.5. The average Bonchev–Trinajstić information content (AvgIpc) is 3.03. The molecule has 4 amide bonds. The minimum atomic E-state index is -1.27. The van der Waals surface area contributed by atoms with Gasteiger partial charge in [-0.15, -0.1) is 0 Å². The first-order chi connectivity index (χ1) is 21.8. The van der Waals surface area contributed by atoms with Crippen LogP contribution in [0.3, 0.4) is 0 Å². The van der Waals surface area contributed by atoms with Crippen LogP contribution in [-0.2, 0) is 39.9 Å². The molecular weight excluding hydrogens is 586 g/mol. The molecule has 10 N–H and O–H groups in total. The standard InChI is InChI=1S/C30H53N7O8/c31-12-4-15-34-26(38)9-18-42-22-30(23-43-19-10-27(39)35-16-5-13-32,24-44-20-11-28(40)36-17-6-14-33)37-29(41)45-21-25-7-2-1-3-8-25/h1-3,7-8H,4-6,9-24,31-33H2,(H,34,38)(H,35,39)(H,36,40)(H,37,41). The van der Waals surface area contributed by atoms with Crippen molar-refractivity contribution < 1.29 is 38.1 Å². The van der Waals surface area contributed by atoms with Crippen molar-refractivity contribution in [2.45, 2.75) is 50.7 Å². The number of alkyl carbamates (subject to hydrolysis) is 1. The van der Waals surface area contributed by atoms with E-state index in [-0.39, 0.29) is 83.2 Å². The van der Waals surface area contributed by atoms with Gasteiger partial charge in [-0.2, -0.15) is 0 Å². The van der Waals surface area contributed by atoms with Crippen molar-refractivity contribution in [2.75, 3.05) is 78.9 Å². The first-order valence-corrected chi connectivity index (χ1v) is 15.5. The molecular formula is C30H53N7O8. The molecule has 0 aliphatic carbocycles. The van der Waals surface area contributed by atoms with Crippen LogP contribution in [0.1, 0.15) is 44.1 Å². The molecule has 1 rings (SSSR count). The number of hydrogen-bond donors (Lipinski definition) is 7. The molecule has 15 nitrogen and oxygen atoms in total. The maximum Gasteiger partial charge on any atom is 0.408 e. The first kappa shape index (κ1) is 39.7. The largest absolute Gasteiger partial charge is 0.445 e. The summed E-state index contributed by atoms with van der Waals surface area (Å²) in [6.07, 6.45) is 1.51. The Balaban J connectivity index is 2.90. The Hall–Kier alpha value is -3.34. The topological polar surface area (TPSA) is 231 Å². The highest BCUT2D eigenvalue weighted by atomic mass is 16.6. The summed E-state index contributed by atoms with van der Waals surface area (Å²) in [6, 6.07) is 9.18. The van der Waals surface area contributed by atoms with E-state index in [4.69, 9.17) is 36.1 Å². The molecule has 0 radical (unpaired) electrons. The summed E-state index contributed by atoms with van der Waals surface area (Å²) >= 11 is 0. The van der Waals surface area contributed by atoms with E-state index in [0.29, 0.717) is 58.5 Å². The second-order valence-electron chi connectivity index (χ2n) is 10.4. The Morgan fingerprint density at radius 1 is 0.622 bits per heavy atom. The highest BCUT2D eigenvalue weighted by Gasteiger charge is 2.35. The minimum absolute atomic E-state index is 0.0280. The fraction of sp³-hybridized carbons (Fsp3) is 0.667. The Labute approximate surface area is 266 Å². The maximum atomic E-state index is 13.0. The zero-order chi connectivity index (χ0) is 33.0. The van der Waals surface area contributed by atoms with Crippen molar-refractivity contribution in [2.24, 2.45) is 17.2 Å². The SMILES string of the molecule is NCCCNC(=O)CCOCC(COCCC(=O)NCCCN)(COCCC(=O)NCCCN)NC(=O)OCc1ccccc1. The molecule has 0 saturated carbocycles. The Morgan fingerprint density at radius 2 is 1.02 bits per heavy atom. The van der Waals surface area contributed by atoms with Crippen molar-refractivity contribution in [1.29, 1.82) is 0 Å². The molecule has 0 heterocycles. The van der Waals surface area contributed by atoms with Crippen molar-refractivity contribution in [3.05, 3.63) is 35.9 Å². The molecule has 1 aromatic rings. The Kier molecular flexibility index (Phi) is 22.9. The summed E-state index contributed by atoms with van der Waals surface area (Å²) < 4.78 is 22.9. The lowest BCUT2D eigenvalue weighted by Gasteiger charge is -2.33. The van der Waals surface area contributed by atoms with E-state index in [1.165, 1.54) is 0 Å². The van der Waals surface area contributed by atoms with E-state index in [1.807, 2.05) is 30.3 Å². The van der Waals surface area contributed by atoms with Crippen LogP contribution < -0.4 is 38.5 Å². The average molecular weight is 640 g/mol. The van der Waals surface area contributed by atoms with Gasteiger partial charge in [-0.05, 0) is 44.5 Å². The second-order valence-corrected chi connectivity index (χ2v) is 10.4. The Bertz CT molecular complexity index is 881. The minimum Gasteiger partial charge on any atom is -0.445 e. The number of hydrogen-bond acceptors (Lipinski definition) is 11. The molecule has 1 aromatic carbocycles. The molecule has 0 aliphatic heterocycles. The molecule has 0 fully saturated rings. The third-order valence-electron chi connectivity index (χ3n) is 6.24. The summed E-state index contributed by atoms with van der Waals surface area (Å²) in [5.74, 6) is -0.589. The maximum absolute atomic E-state index is 13.0. The van der Waals surface area contributed by atoms with Crippen LogP contribution >= 0.6 is 0 Å². The summed E-state index contributed by atoms with van der Waals surface area (Å²) in [6.45, 7) is 2.71. The highest BCUT2D eigenvalue weighted by Crippen LogP contribution is 2.12. The lowest BCUT2D eigenvalue weighted by atomic mass is 10.0. The van der Waals surface area contributed by atoms with Gasteiger partial charge in [0.25, 0.3) is 0 Å². The molecule has 0 aromatic heterocycles. The van der Waals surface area contributed by atoms with E-state index in [2.05, 4.69) is 21.3 Å². The molecule has 256 valence electrons. The summed E-state index contributed by atoms with van der Waals surface area (Å²) in [5.41, 5.74) is 15.9. The monoisotopic (exact) mass is 639 g/mol. The molecule has 0 bridgehead atoms. The number of rotatable bonds is 27. The number of ether oxygens (including phenoxy) is 4. The van der Waals surface area contributed by atoms with E-state index in [9.17, 15) is 19.2 Å². The van der Waals surface area contributed by atoms with Crippen LogP contribution in [0.15, 0.2) is 30.3 Å². The van der Waals surface area contributed by atoms with Crippen molar-refractivity contribution in [1.82, 2.24) is 21.3 Å². The lowest BCUT2D eigenvalue weighted by molar-refractivity contribution is -0.122. The van der Waals surface area contributed by atoms with Gasteiger partial charge in [0.1, 0.15) is 12.1 Å². The van der Waals surface area contributed by atoms with E-state index >= 15 is 0 Å². The predicted octanol–water partition coefficient (Wildman–Crippen LogP) is -0.733. The van der Waals surface area contributed by atoms with Crippen LogP contribution in [0.4, 0.5) is 4.79 Å². The van der Waals surface area contributed by atoms with Gasteiger partial charge in [-0.25, -0.2) is 4.79 Å². The number of carbonyl (C=O) groups excluding carboxylic acids is 4. The molecule has 0 spiro atoms. The molecule has 45 heavy (non-hydrogen) atoms. The molecule has 15 heteroatoms. The van der Waals surface area contributed by atoms with E-state index in [0.717, 1.165) is 5.56 Å². The quantitative estimate of drug-likeness (QED) is 0.0593. The van der Waals surface area contributed by atoms with E-state index in [1.54, 1.807) is 0 Å². The van der Waals surface area contributed by atoms with Gasteiger partial charge in [0.15, 0.2) is 0 Å². The van der Waals surface area contributed by atoms with Gasteiger partial charge < -0.3 is 57.4 Å². The summed E-state index contributed by atoms with van der Waals surface area (Å²) in [7, 11) is 0. The summed E-state index contributed by atoms with van der Waals surface area (Å²) in [4.78, 5) is 49.3. The lowest BCUT2D eigenvalue weighted by Crippen LogP contribution is -2.59. The number of benzene rings is 1. The van der Waals surface area contributed by atoms with Gasteiger partial charge in [0.2, 0.25) is 17.7 Å². The van der Waals surface area contributed by atoms with Crippen LogP contribution in [0, 0.1) is 0 Å². The van der Waals surface area contributed by atoms with Gasteiger partial charge >= 0.3 is 6.09 Å². The van der Waals surface area contributed by atoms with Crippen LogP contribution in [-0.4, -0.2) is 108 Å².